The molecule has 0 bridgehead atoms. The van der Waals surface area contributed by atoms with Crippen molar-refractivity contribution in [3.63, 3.8) is 0 Å². The third-order valence-corrected chi connectivity index (χ3v) is 12.1. The van der Waals surface area contributed by atoms with Crippen LogP contribution in [0.25, 0.3) is 0 Å². The van der Waals surface area contributed by atoms with Gasteiger partial charge < -0.3 is 48.0 Å². The average Bonchev–Trinajstić information content (AvgIpc) is 3.52. The molecular weight excluding hydrogens is 829 g/mol. The minimum atomic E-state index is -0.500. The van der Waals surface area contributed by atoms with Gasteiger partial charge in [-0.15, -0.1) is 0 Å². The van der Waals surface area contributed by atoms with Crippen molar-refractivity contribution in [1.29, 1.82) is 0 Å². The van der Waals surface area contributed by atoms with E-state index in [1.165, 1.54) is 0 Å². The molecular formula is C44H72B3BrN2O10. The third kappa shape index (κ3) is 14.0. The summed E-state index contributed by atoms with van der Waals surface area (Å²) >= 11 is 3.40. The molecule has 16 heteroatoms. The number of nitrogens with one attached hydrogen (secondary N) is 2. The Kier molecular flexibility index (Phi) is 16.1. The van der Waals surface area contributed by atoms with E-state index in [0.29, 0.717) is 13.1 Å². The summed E-state index contributed by atoms with van der Waals surface area (Å²) in [6.45, 7) is 40.4. The molecule has 0 radical (unpaired) electrons. The van der Waals surface area contributed by atoms with E-state index in [1.54, 1.807) is 0 Å². The number of alkyl carbamates (subject to hydrolysis) is 2. The van der Waals surface area contributed by atoms with Crippen LogP contribution in [0.15, 0.2) is 40.9 Å². The monoisotopic (exact) mass is 900 g/mol. The van der Waals surface area contributed by atoms with E-state index in [9.17, 15) is 9.59 Å². The van der Waals surface area contributed by atoms with Gasteiger partial charge in [-0.05, 0) is 178 Å². The highest BCUT2D eigenvalue weighted by Gasteiger charge is 2.63. The fraction of sp³-hybridized carbons (Fsp3) is 0.682. The van der Waals surface area contributed by atoms with Crippen LogP contribution in [0.2, 0.25) is 0 Å². The number of hydrogen-bond donors (Lipinski definition) is 2. The number of carbonyl (C=O) groups is 2. The van der Waals surface area contributed by atoms with Crippen LogP contribution in [0.4, 0.5) is 9.59 Å². The van der Waals surface area contributed by atoms with E-state index in [-0.39, 0.29) is 46.8 Å². The Morgan fingerprint density at radius 1 is 0.550 bits per heavy atom. The Hall–Kier alpha value is -2.59. The standard InChI is InChI=1S/C19H30BNO4.C13H18BrNO2.C12H24B2O4/c1-13-11-15(20-24-18(5,6)19(7,8)25-20)10-9-14(13)12-21-16(22)23-17(2,3)4;1-9-7-11(14)6-5-10(9)8-15-12(16)17-13(2,3)4;1-9(2)10(3,4)16-13(15-9)14-17-11(5,6)12(7,8)18-14/h9-11H,12H2,1-8H3,(H,21,22);5-7H,8H2,1-4H3,(H,15,16);1-8H3. The molecule has 0 spiro atoms. The molecule has 5 rings (SSSR count). The molecule has 3 heterocycles. The molecule has 0 atom stereocenters. The van der Waals surface area contributed by atoms with Crippen LogP contribution in [0.3, 0.4) is 0 Å². The molecule has 334 valence electrons. The molecule has 12 nitrogen and oxygen atoms in total. The Balaban J connectivity index is 0.000000247. The first-order valence-corrected chi connectivity index (χ1v) is 21.6. The molecule has 0 aliphatic carbocycles. The van der Waals surface area contributed by atoms with Gasteiger partial charge in [0.15, 0.2) is 0 Å². The van der Waals surface area contributed by atoms with E-state index in [1.807, 2.05) is 175 Å². The summed E-state index contributed by atoms with van der Waals surface area (Å²) in [7, 11) is -1.33. The zero-order valence-corrected chi connectivity index (χ0v) is 41.7. The molecule has 2 N–H and O–H groups in total. The van der Waals surface area contributed by atoms with Gasteiger partial charge in [-0.2, -0.15) is 0 Å². The van der Waals surface area contributed by atoms with Crippen molar-refractivity contribution in [2.75, 3.05) is 0 Å². The Morgan fingerprint density at radius 3 is 1.18 bits per heavy atom. The van der Waals surface area contributed by atoms with E-state index in [0.717, 1.165) is 32.2 Å². The largest absolute Gasteiger partial charge is 0.494 e. The Bertz CT molecular complexity index is 1740. The predicted octanol–water partition coefficient (Wildman–Crippen LogP) is 9.35. The lowest BCUT2D eigenvalue weighted by Gasteiger charge is -2.32. The number of aryl methyl sites for hydroxylation is 2. The van der Waals surface area contributed by atoms with Crippen LogP contribution >= 0.6 is 15.9 Å². The normalized spacial score (nSPS) is 20.6. The van der Waals surface area contributed by atoms with E-state index < -0.39 is 31.3 Å². The number of carbonyl (C=O) groups excluding carboxylic acids is 2. The second kappa shape index (κ2) is 18.6. The third-order valence-electron chi connectivity index (χ3n) is 11.6. The van der Waals surface area contributed by atoms with E-state index in [4.69, 9.17) is 37.4 Å². The lowest BCUT2D eigenvalue weighted by Crippen LogP contribution is -2.41. The molecule has 2 aromatic carbocycles. The average molecular weight is 901 g/mol. The lowest BCUT2D eigenvalue weighted by molar-refractivity contribution is 0.00578. The van der Waals surface area contributed by atoms with Gasteiger partial charge in [-0.1, -0.05) is 40.2 Å². The van der Waals surface area contributed by atoms with Crippen molar-refractivity contribution in [3.05, 3.63) is 63.1 Å². The first-order valence-electron chi connectivity index (χ1n) is 20.8. The molecule has 0 unspecified atom stereocenters. The lowest BCUT2D eigenvalue weighted by atomic mass is 9.49. The minimum absolute atomic E-state index is 0.359. The zero-order valence-electron chi connectivity index (χ0n) is 40.1. The van der Waals surface area contributed by atoms with Crippen LogP contribution in [0, 0.1) is 13.8 Å². The summed E-state index contributed by atoms with van der Waals surface area (Å²) in [5.74, 6) is 0. The molecule has 0 saturated carbocycles. The summed E-state index contributed by atoms with van der Waals surface area (Å²) in [6.07, 6.45) is -0.804. The maximum absolute atomic E-state index is 11.8. The van der Waals surface area contributed by atoms with Crippen LogP contribution in [0.5, 0.6) is 0 Å². The second-order valence-corrected chi connectivity index (χ2v) is 21.7. The van der Waals surface area contributed by atoms with Gasteiger partial charge in [-0.3, -0.25) is 0 Å². The van der Waals surface area contributed by atoms with Crippen molar-refractivity contribution >= 4 is 54.7 Å². The minimum Gasteiger partial charge on any atom is -0.444 e. The first kappa shape index (κ1) is 51.8. The zero-order chi connectivity index (χ0) is 46.1. The van der Waals surface area contributed by atoms with Gasteiger partial charge >= 0.3 is 33.3 Å². The number of halogens is 1. The topological polar surface area (TPSA) is 132 Å². The molecule has 3 saturated heterocycles. The van der Waals surface area contributed by atoms with Gasteiger partial charge in [0.2, 0.25) is 0 Å². The second-order valence-electron chi connectivity index (χ2n) is 20.8. The maximum atomic E-state index is 11.8. The fourth-order valence-electron chi connectivity index (χ4n) is 5.86. The summed E-state index contributed by atoms with van der Waals surface area (Å²) < 4.78 is 47.5. The molecule has 0 aromatic heterocycles. The van der Waals surface area contributed by atoms with Crippen LogP contribution < -0.4 is 16.1 Å². The van der Waals surface area contributed by atoms with Gasteiger partial charge in [0, 0.05) is 17.6 Å². The summed E-state index contributed by atoms with van der Waals surface area (Å²) in [4.78, 5) is 23.3. The summed E-state index contributed by atoms with van der Waals surface area (Å²) in [6, 6.07) is 12.0. The van der Waals surface area contributed by atoms with Crippen molar-refractivity contribution in [3.8, 4) is 0 Å². The smallest absolute Gasteiger partial charge is 0.444 e. The van der Waals surface area contributed by atoms with Gasteiger partial charge in [0.05, 0.1) is 33.6 Å². The van der Waals surface area contributed by atoms with Crippen LogP contribution in [0.1, 0.15) is 147 Å². The molecule has 60 heavy (non-hydrogen) atoms. The maximum Gasteiger partial charge on any atom is 0.494 e. The van der Waals surface area contributed by atoms with E-state index in [2.05, 4.69) is 26.6 Å². The van der Waals surface area contributed by atoms with Crippen molar-refractivity contribution in [2.45, 2.75) is 196 Å². The van der Waals surface area contributed by atoms with Gasteiger partial charge in [0.1, 0.15) is 11.2 Å². The molecule has 2 amide bonds. The Labute approximate surface area is 370 Å². The van der Waals surface area contributed by atoms with Crippen molar-refractivity contribution in [2.24, 2.45) is 0 Å². The van der Waals surface area contributed by atoms with Gasteiger partial charge in [0.25, 0.3) is 0 Å². The quantitative estimate of drug-likeness (QED) is 0.271. The first-order chi connectivity index (χ1) is 27.0. The molecule has 3 aliphatic rings. The van der Waals surface area contributed by atoms with E-state index >= 15 is 0 Å². The van der Waals surface area contributed by atoms with Crippen LogP contribution in [-0.2, 0) is 50.5 Å². The molecule has 2 aromatic rings. The SMILES string of the molecule is CC1(C)OB(B2OC(C)(C)C(C)(C)O2)OC1(C)C.Cc1cc(B2OC(C)(C)C(C)(C)O2)ccc1CNC(=O)OC(C)(C)C.Cc1cc(Br)ccc1CNC(=O)OC(C)(C)C. The number of benzene rings is 2. The summed E-state index contributed by atoms with van der Waals surface area (Å²) in [5, 5.41) is 5.53. The highest BCUT2D eigenvalue weighted by atomic mass is 79.9. The Morgan fingerprint density at radius 2 is 0.867 bits per heavy atom. The highest BCUT2D eigenvalue weighted by Crippen LogP contribution is 2.43. The highest BCUT2D eigenvalue weighted by molar-refractivity contribution is 9.10. The van der Waals surface area contributed by atoms with Crippen molar-refractivity contribution in [1.82, 2.24) is 10.6 Å². The summed E-state index contributed by atoms with van der Waals surface area (Å²) in [5.41, 5.74) is 2.19. The molecule has 3 fully saturated rings. The molecule has 3 aliphatic heterocycles. The van der Waals surface area contributed by atoms with Crippen LogP contribution in [-0.4, -0.2) is 78.1 Å². The predicted molar refractivity (Wildman–Crippen MR) is 244 cm³/mol. The van der Waals surface area contributed by atoms with Gasteiger partial charge in [-0.25, -0.2) is 9.59 Å². The number of ether oxygens (including phenoxy) is 2. The van der Waals surface area contributed by atoms with Crippen molar-refractivity contribution < 1.29 is 47.0 Å². The number of hydrogen-bond acceptors (Lipinski definition) is 10. The fourth-order valence-corrected chi connectivity index (χ4v) is 6.34. The number of rotatable bonds is 6. The number of amides is 2.